The van der Waals surface area contributed by atoms with E-state index in [1.165, 1.54) is 0 Å². The molecule has 0 aliphatic carbocycles. The molecular formula is C13H8IN2O. The first-order valence-corrected chi connectivity index (χ1v) is 6.23. The Morgan fingerprint density at radius 2 is 1.94 bits per heavy atom. The monoisotopic (exact) mass is 335 g/mol. The Labute approximate surface area is 112 Å². The van der Waals surface area contributed by atoms with E-state index in [4.69, 9.17) is 0 Å². The molecule has 3 aromatic rings. The third kappa shape index (κ3) is 1.88. The maximum Gasteiger partial charge on any atom is 0.180 e. The Morgan fingerprint density at radius 3 is 2.76 bits per heavy atom. The van der Waals surface area contributed by atoms with E-state index < -0.39 is 0 Å². The second-order valence-electron chi connectivity index (χ2n) is 3.74. The minimum atomic E-state index is -0.0155. The number of aromatic nitrogens is 2. The molecule has 0 saturated carbocycles. The van der Waals surface area contributed by atoms with E-state index in [-0.39, 0.29) is 5.75 Å². The summed E-state index contributed by atoms with van der Waals surface area (Å²) in [5, 5.41) is 11.2. The van der Waals surface area contributed by atoms with Gasteiger partial charge in [-0.2, -0.15) is 0 Å². The lowest BCUT2D eigenvalue weighted by molar-refractivity contribution is 0.355. The number of hydrogen-bond acceptors (Lipinski definition) is 1. The number of fused-ring (bicyclic) bond motifs is 1. The van der Waals surface area contributed by atoms with Crippen LogP contribution in [0.1, 0.15) is 0 Å². The van der Waals surface area contributed by atoms with Gasteiger partial charge in [-0.25, -0.2) is 4.98 Å². The van der Waals surface area contributed by atoms with Crippen molar-refractivity contribution in [1.29, 1.82) is 0 Å². The molecule has 1 radical (unpaired) electrons. The van der Waals surface area contributed by atoms with Crippen molar-refractivity contribution in [3.05, 3.63) is 46.0 Å². The van der Waals surface area contributed by atoms with Crippen LogP contribution in [0.15, 0.2) is 42.5 Å². The van der Waals surface area contributed by atoms with Crippen LogP contribution in [0.3, 0.4) is 0 Å². The summed E-state index contributed by atoms with van der Waals surface area (Å²) < 4.78 is 1.13. The predicted molar refractivity (Wildman–Crippen MR) is 74.4 cm³/mol. The lowest BCUT2D eigenvalue weighted by atomic mass is 10.2. The van der Waals surface area contributed by atoms with Crippen LogP contribution in [0.4, 0.5) is 0 Å². The molecule has 0 amide bonds. The fourth-order valence-electron chi connectivity index (χ4n) is 1.77. The standard InChI is InChI=1S/C13H8IN2O/c14-10-4-2-1-3-9(10)13-15-11-6-5-8(17)7-12(11)16-13/h1-7H,(H,15,16). The molecule has 0 aliphatic heterocycles. The van der Waals surface area contributed by atoms with Gasteiger partial charge in [-0.1, -0.05) is 18.2 Å². The molecule has 2 aromatic carbocycles. The van der Waals surface area contributed by atoms with Crippen LogP contribution in [0, 0.1) is 3.57 Å². The normalized spacial score (nSPS) is 10.9. The summed E-state index contributed by atoms with van der Waals surface area (Å²) >= 11 is 2.27. The Hall–Kier alpha value is -1.56. The molecular weight excluding hydrogens is 327 g/mol. The van der Waals surface area contributed by atoms with E-state index in [1.54, 1.807) is 18.2 Å². The van der Waals surface area contributed by atoms with Gasteiger partial charge in [-0.05, 0) is 40.8 Å². The largest absolute Gasteiger partial charge is 0.338 e. The molecule has 83 valence electrons. The van der Waals surface area contributed by atoms with Gasteiger partial charge >= 0.3 is 0 Å². The van der Waals surface area contributed by atoms with Crippen LogP contribution in [0.5, 0.6) is 5.75 Å². The summed E-state index contributed by atoms with van der Waals surface area (Å²) in [6.07, 6.45) is 0. The van der Waals surface area contributed by atoms with Crippen molar-refractivity contribution < 1.29 is 5.11 Å². The van der Waals surface area contributed by atoms with Gasteiger partial charge in [0, 0.05) is 15.2 Å². The number of nitrogens with one attached hydrogen (secondary N) is 1. The summed E-state index contributed by atoms with van der Waals surface area (Å²) in [5.74, 6) is 0.786. The maximum atomic E-state index is 11.2. The van der Waals surface area contributed by atoms with Gasteiger partial charge in [0.2, 0.25) is 0 Å². The number of hydrogen-bond donors (Lipinski definition) is 1. The lowest BCUT2D eigenvalue weighted by Gasteiger charge is -1.98. The first-order chi connectivity index (χ1) is 8.24. The molecule has 0 saturated heterocycles. The molecule has 1 aromatic heterocycles. The SMILES string of the molecule is [O]c1ccc2[nH]c(-c3ccccc3I)nc2c1. The molecule has 0 unspecified atom stereocenters. The van der Waals surface area contributed by atoms with Gasteiger partial charge < -0.3 is 4.98 Å². The number of aromatic amines is 1. The van der Waals surface area contributed by atoms with Crippen LogP contribution in [-0.4, -0.2) is 9.97 Å². The van der Waals surface area contributed by atoms with Gasteiger partial charge in [0.05, 0.1) is 11.0 Å². The zero-order valence-electron chi connectivity index (χ0n) is 8.77. The molecule has 3 rings (SSSR count). The number of benzene rings is 2. The highest BCUT2D eigenvalue weighted by atomic mass is 127. The Bertz CT molecular complexity index is 691. The second kappa shape index (κ2) is 4.03. The highest BCUT2D eigenvalue weighted by molar-refractivity contribution is 14.1. The van der Waals surface area contributed by atoms with E-state index in [0.717, 1.165) is 20.5 Å². The molecule has 0 bridgehead atoms. The minimum Gasteiger partial charge on any atom is -0.338 e. The molecule has 1 heterocycles. The number of rotatable bonds is 1. The predicted octanol–water partition coefficient (Wildman–Crippen LogP) is 3.98. The number of imidazole rings is 1. The fraction of sp³-hybridized carbons (Fsp3) is 0. The molecule has 0 aliphatic rings. The number of H-pyrrole nitrogens is 1. The molecule has 17 heavy (non-hydrogen) atoms. The third-order valence-corrected chi connectivity index (χ3v) is 3.52. The maximum absolute atomic E-state index is 11.2. The van der Waals surface area contributed by atoms with E-state index in [2.05, 4.69) is 32.6 Å². The van der Waals surface area contributed by atoms with Gasteiger partial charge in [0.1, 0.15) is 5.82 Å². The third-order valence-electron chi connectivity index (χ3n) is 2.58. The van der Waals surface area contributed by atoms with Crippen LogP contribution in [0.2, 0.25) is 0 Å². The first kappa shape index (κ1) is 10.6. The van der Waals surface area contributed by atoms with Gasteiger partial charge in [-0.3, -0.25) is 5.11 Å². The first-order valence-electron chi connectivity index (χ1n) is 5.16. The summed E-state index contributed by atoms with van der Waals surface area (Å²) in [4.78, 5) is 7.67. The van der Waals surface area contributed by atoms with E-state index in [0.29, 0.717) is 5.52 Å². The van der Waals surface area contributed by atoms with E-state index in [1.807, 2.05) is 24.3 Å². The Kier molecular flexibility index (Phi) is 2.51. The lowest BCUT2D eigenvalue weighted by Crippen LogP contribution is -1.83. The summed E-state index contributed by atoms with van der Waals surface area (Å²) in [6.45, 7) is 0. The Morgan fingerprint density at radius 1 is 1.12 bits per heavy atom. The highest BCUT2D eigenvalue weighted by Gasteiger charge is 2.08. The summed E-state index contributed by atoms with van der Waals surface area (Å²) in [6, 6.07) is 12.9. The van der Waals surface area contributed by atoms with Crippen LogP contribution in [0.25, 0.3) is 22.4 Å². The fourth-order valence-corrected chi connectivity index (χ4v) is 2.41. The summed E-state index contributed by atoms with van der Waals surface area (Å²) in [7, 11) is 0. The van der Waals surface area contributed by atoms with Crippen molar-refractivity contribution in [2.75, 3.05) is 0 Å². The topological polar surface area (TPSA) is 48.6 Å². The quantitative estimate of drug-likeness (QED) is 0.672. The smallest absolute Gasteiger partial charge is 0.180 e. The summed E-state index contributed by atoms with van der Waals surface area (Å²) in [5.41, 5.74) is 2.66. The zero-order chi connectivity index (χ0) is 11.8. The van der Waals surface area contributed by atoms with Crippen molar-refractivity contribution in [1.82, 2.24) is 9.97 Å². The van der Waals surface area contributed by atoms with Crippen LogP contribution >= 0.6 is 22.6 Å². The van der Waals surface area contributed by atoms with Crippen molar-refractivity contribution in [3.8, 4) is 17.1 Å². The van der Waals surface area contributed by atoms with Crippen molar-refractivity contribution in [2.45, 2.75) is 0 Å². The Balaban J connectivity index is 2.22. The average molecular weight is 335 g/mol. The van der Waals surface area contributed by atoms with Gasteiger partial charge in [0.15, 0.2) is 5.75 Å². The second-order valence-corrected chi connectivity index (χ2v) is 4.91. The minimum absolute atomic E-state index is 0.0155. The highest BCUT2D eigenvalue weighted by Crippen LogP contribution is 2.26. The van der Waals surface area contributed by atoms with Gasteiger partial charge in [-0.15, -0.1) is 0 Å². The molecule has 0 atom stereocenters. The number of halogens is 1. The van der Waals surface area contributed by atoms with Crippen molar-refractivity contribution in [3.63, 3.8) is 0 Å². The van der Waals surface area contributed by atoms with E-state index in [9.17, 15) is 5.11 Å². The zero-order valence-corrected chi connectivity index (χ0v) is 10.9. The number of nitrogens with zero attached hydrogens (tertiary/aromatic N) is 1. The molecule has 1 N–H and O–H groups in total. The molecule has 0 spiro atoms. The molecule has 3 nitrogen and oxygen atoms in total. The van der Waals surface area contributed by atoms with Crippen molar-refractivity contribution in [2.24, 2.45) is 0 Å². The molecule has 4 heteroatoms. The van der Waals surface area contributed by atoms with Crippen LogP contribution in [-0.2, 0) is 5.11 Å². The molecule has 0 fully saturated rings. The van der Waals surface area contributed by atoms with Crippen molar-refractivity contribution >= 4 is 33.6 Å². The van der Waals surface area contributed by atoms with Gasteiger partial charge in [0.25, 0.3) is 0 Å². The van der Waals surface area contributed by atoms with E-state index >= 15 is 0 Å². The van der Waals surface area contributed by atoms with Crippen LogP contribution < -0.4 is 0 Å². The average Bonchev–Trinajstić information content (AvgIpc) is 2.72.